The number of nitro groups is 1. The average molecular weight is 391 g/mol. The van der Waals surface area contributed by atoms with Gasteiger partial charge in [-0.25, -0.2) is 13.1 Å². The van der Waals surface area contributed by atoms with Crippen LogP contribution in [0.3, 0.4) is 0 Å². The zero-order chi connectivity index (χ0) is 19.7. The monoisotopic (exact) mass is 391 g/mol. The maximum atomic E-state index is 12.2. The third-order valence-corrected chi connectivity index (χ3v) is 5.03. The quantitative estimate of drug-likeness (QED) is 0.204. The molecule has 0 aromatic heterocycles. The minimum absolute atomic E-state index is 0.0943. The van der Waals surface area contributed by atoms with E-state index < -0.39 is 14.9 Å². The highest BCUT2D eigenvalue weighted by atomic mass is 32.2. The van der Waals surface area contributed by atoms with Crippen LogP contribution in [0.5, 0.6) is 0 Å². The SMILES string of the molecule is CN=C(NCCNS(=O)(=O)c1cccc([N+](=O)[O-])c1)NCc1ccccc1. The fourth-order valence-corrected chi connectivity index (χ4v) is 3.29. The number of nitrogens with one attached hydrogen (secondary N) is 3. The number of aliphatic imine (C=N–C) groups is 1. The van der Waals surface area contributed by atoms with E-state index in [1.165, 1.54) is 18.2 Å². The van der Waals surface area contributed by atoms with E-state index in [-0.39, 0.29) is 17.1 Å². The molecule has 0 heterocycles. The molecular formula is C17H21N5O4S. The Hall–Kier alpha value is -2.98. The number of nitrogens with zero attached hydrogens (tertiary/aromatic N) is 2. The van der Waals surface area contributed by atoms with Crippen LogP contribution in [-0.4, -0.2) is 39.4 Å². The number of benzene rings is 2. The van der Waals surface area contributed by atoms with Crippen molar-refractivity contribution >= 4 is 21.7 Å². The molecule has 0 aliphatic carbocycles. The Balaban J connectivity index is 1.82. The van der Waals surface area contributed by atoms with Crippen molar-refractivity contribution in [1.82, 2.24) is 15.4 Å². The second kappa shape index (κ2) is 9.64. The molecule has 9 nitrogen and oxygen atoms in total. The summed E-state index contributed by atoms with van der Waals surface area (Å²) in [5.74, 6) is 0.536. The fraction of sp³-hybridized carbons (Fsp3) is 0.235. The third kappa shape index (κ3) is 6.35. The standard InChI is InChI=1S/C17H21N5O4S/c1-18-17(20-13-14-6-3-2-4-7-14)19-10-11-21-27(25,26)16-9-5-8-15(12-16)22(23)24/h2-9,12,21H,10-11,13H2,1H3,(H2,18,19,20). The van der Waals surface area contributed by atoms with Gasteiger partial charge in [-0.05, 0) is 11.6 Å². The third-order valence-electron chi connectivity index (χ3n) is 3.57. The van der Waals surface area contributed by atoms with Crippen molar-refractivity contribution in [2.24, 2.45) is 4.99 Å². The van der Waals surface area contributed by atoms with Crippen LogP contribution in [-0.2, 0) is 16.6 Å². The zero-order valence-electron chi connectivity index (χ0n) is 14.8. The molecule has 3 N–H and O–H groups in total. The van der Waals surface area contributed by atoms with Crippen molar-refractivity contribution in [2.75, 3.05) is 20.1 Å². The van der Waals surface area contributed by atoms with Crippen LogP contribution in [0.15, 0.2) is 64.5 Å². The smallest absolute Gasteiger partial charge is 0.270 e. The Labute approximate surface area is 157 Å². The molecule has 144 valence electrons. The molecule has 0 saturated heterocycles. The lowest BCUT2D eigenvalue weighted by Crippen LogP contribution is -2.41. The highest BCUT2D eigenvalue weighted by Crippen LogP contribution is 2.16. The second-order valence-electron chi connectivity index (χ2n) is 5.49. The molecule has 2 aromatic carbocycles. The Morgan fingerprint density at radius 3 is 2.48 bits per heavy atom. The van der Waals surface area contributed by atoms with Gasteiger partial charge in [0.1, 0.15) is 0 Å². The van der Waals surface area contributed by atoms with Gasteiger partial charge in [0.25, 0.3) is 5.69 Å². The topological polar surface area (TPSA) is 126 Å². The zero-order valence-corrected chi connectivity index (χ0v) is 15.6. The van der Waals surface area contributed by atoms with Gasteiger partial charge in [0.2, 0.25) is 10.0 Å². The van der Waals surface area contributed by atoms with Crippen molar-refractivity contribution in [3.05, 3.63) is 70.3 Å². The lowest BCUT2D eigenvalue weighted by Gasteiger charge is -2.12. The summed E-state index contributed by atoms with van der Waals surface area (Å²) in [7, 11) is -2.21. The van der Waals surface area contributed by atoms with Crippen LogP contribution in [0.4, 0.5) is 5.69 Å². The van der Waals surface area contributed by atoms with Crippen LogP contribution < -0.4 is 15.4 Å². The van der Waals surface area contributed by atoms with Gasteiger partial charge in [-0.1, -0.05) is 36.4 Å². The summed E-state index contributed by atoms with van der Waals surface area (Å²) >= 11 is 0. The van der Waals surface area contributed by atoms with Crippen LogP contribution in [0, 0.1) is 10.1 Å². The highest BCUT2D eigenvalue weighted by Gasteiger charge is 2.16. The van der Waals surface area contributed by atoms with E-state index in [0.29, 0.717) is 19.0 Å². The number of hydrogen-bond acceptors (Lipinski definition) is 5. The van der Waals surface area contributed by atoms with Gasteiger partial charge in [0.15, 0.2) is 5.96 Å². The van der Waals surface area contributed by atoms with Crippen molar-refractivity contribution < 1.29 is 13.3 Å². The summed E-state index contributed by atoms with van der Waals surface area (Å²) < 4.78 is 26.8. The van der Waals surface area contributed by atoms with E-state index in [1.54, 1.807) is 7.05 Å². The molecule has 27 heavy (non-hydrogen) atoms. The van der Waals surface area contributed by atoms with Crippen molar-refractivity contribution in [3.8, 4) is 0 Å². The minimum Gasteiger partial charge on any atom is -0.355 e. The molecular weight excluding hydrogens is 370 g/mol. The van der Waals surface area contributed by atoms with Crippen molar-refractivity contribution in [1.29, 1.82) is 0 Å². The first kappa shape index (κ1) is 20.3. The Morgan fingerprint density at radius 2 is 1.81 bits per heavy atom. The van der Waals surface area contributed by atoms with Crippen LogP contribution in [0.1, 0.15) is 5.56 Å². The maximum Gasteiger partial charge on any atom is 0.270 e. The minimum atomic E-state index is -3.83. The average Bonchev–Trinajstić information content (AvgIpc) is 2.68. The van der Waals surface area contributed by atoms with Crippen LogP contribution in [0.2, 0.25) is 0 Å². The number of rotatable bonds is 8. The van der Waals surface area contributed by atoms with Gasteiger partial charge in [0.05, 0.1) is 9.82 Å². The summed E-state index contributed by atoms with van der Waals surface area (Å²) in [6, 6.07) is 14.7. The number of guanidine groups is 1. The predicted octanol–water partition coefficient (Wildman–Crippen LogP) is 1.24. The molecule has 0 aliphatic rings. The molecule has 0 unspecified atom stereocenters. The fourth-order valence-electron chi connectivity index (χ4n) is 2.22. The largest absolute Gasteiger partial charge is 0.355 e. The number of sulfonamides is 1. The summed E-state index contributed by atoms with van der Waals surface area (Å²) in [6.07, 6.45) is 0. The molecule has 0 amide bonds. The summed E-state index contributed by atoms with van der Waals surface area (Å²) in [5.41, 5.74) is 0.813. The Morgan fingerprint density at radius 1 is 1.07 bits per heavy atom. The molecule has 2 rings (SSSR count). The van der Waals surface area contributed by atoms with Gasteiger partial charge in [-0.2, -0.15) is 0 Å². The normalized spacial score (nSPS) is 11.8. The Kier molecular flexibility index (Phi) is 7.26. The van der Waals surface area contributed by atoms with E-state index in [9.17, 15) is 18.5 Å². The molecule has 0 spiro atoms. The molecule has 0 fully saturated rings. The van der Waals surface area contributed by atoms with Gasteiger partial charge in [-0.15, -0.1) is 0 Å². The number of hydrogen-bond donors (Lipinski definition) is 3. The first-order valence-electron chi connectivity index (χ1n) is 8.15. The molecule has 0 atom stereocenters. The lowest BCUT2D eigenvalue weighted by molar-refractivity contribution is -0.385. The molecule has 0 radical (unpaired) electrons. The number of nitro benzene ring substituents is 1. The predicted molar refractivity (Wildman–Crippen MR) is 103 cm³/mol. The maximum absolute atomic E-state index is 12.2. The van der Waals surface area contributed by atoms with E-state index in [2.05, 4.69) is 20.3 Å². The van der Waals surface area contributed by atoms with Gasteiger partial charge >= 0.3 is 0 Å². The van der Waals surface area contributed by atoms with E-state index >= 15 is 0 Å². The summed E-state index contributed by atoms with van der Waals surface area (Å²) in [4.78, 5) is 14.1. The molecule has 10 heteroatoms. The first-order chi connectivity index (χ1) is 12.9. The van der Waals surface area contributed by atoms with Crippen molar-refractivity contribution in [3.63, 3.8) is 0 Å². The van der Waals surface area contributed by atoms with Gasteiger partial charge in [-0.3, -0.25) is 15.1 Å². The van der Waals surface area contributed by atoms with Crippen LogP contribution >= 0.6 is 0 Å². The molecule has 0 aliphatic heterocycles. The summed E-state index contributed by atoms with van der Waals surface area (Å²) in [5, 5.41) is 16.9. The lowest BCUT2D eigenvalue weighted by atomic mass is 10.2. The molecule has 0 bridgehead atoms. The number of non-ortho nitro benzene ring substituents is 1. The van der Waals surface area contributed by atoms with E-state index in [4.69, 9.17) is 0 Å². The van der Waals surface area contributed by atoms with E-state index in [0.717, 1.165) is 11.6 Å². The molecule has 2 aromatic rings. The first-order valence-corrected chi connectivity index (χ1v) is 9.63. The van der Waals surface area contributed by atoms with E-state index in [1.807, 2.05) is 30.3 Å². The van der Waals surface area contributed by atoms with Gasteiger partial charge in [0, 0.05) is 38.8 Å². The van der Waals surface area contributed by atoms with Crippen molar-refractivity contribution in [2.45, 2.75) is 11.4 Å². The highest BCUT2D eigenvalue weighted by molar-refractivity contribution is 7.89. The second-order valence-corrected chi connectivity index (χ2v) is 7.26. The van der Waals surface area contributed by atoms with Gasteiger partial charge < -0.3 is 10.6 Å². The summed E-state index contributed by atoms with van der Waals surface area (Å²) in [6.45, 7) is 0.972. The molecule has 0 saturated carbocycles. The van der Waals surface area contributed by atoms with Crippen LogP contribution in [0.25, 0.3) is 0 Å². The Bertz CT molecular complexity index is 901.